The predicted octanol–water partition coefficient (Wildman–Crippen LogP) is 1.76. The van der Waals surface area contributed by atoms with Gasteiger partial charge in [-0.1, -0.05) is 43.3 Å². The van der Waals surface area contributed by atoms with Crippen molar-refractivity contribution in [3.05, 3.63) is 48.6 Å². The normalized spacial score (nSPS) is 29.5. The lowest BCUT2D eigenvalue weighted by Gasteiger charge is -2.33. The van der Waals surface area contributed by atoms with Gasteiger partial charge < -0.3 is 15.3 Å². The molecule has 2 aliphatic rings. The topological polar surface area (TPSA) is 52.6 Å². The summed E-state index contributed by atoms with van der Waals surface area (Å²) in [4.78, 5) is 14.7. The van der Waals surface area contributed by atoms with Crippen LogP contribution in [0.5, 0.6) is 0 Å². The Hall–Kier alpha value is -1.65. The second kappa shape index (κ2) is 6.10. The van der Waals surface area contributed by atoms with Gasteiger partial charge in [-0.25, -0.2) is 0 Å². The summed E-state index contributed by atoms with van der Waals surface area (Å²) in [6, 6.07) is 9.98. The third kappa shape index (κ3) is 2.93. The van der Waals surface area contributed by atoms with Crippen molar-refractivity contribution in [2.75, 3.05) is 19.6 Å². The minimum Gasteiger partial charge on any atom is -0.385 e. The van der Waals surface area contributed by atoms with E-state index in [1.54, 1.807) is 6.92 Å². The van der Waals surface area contributed by atoms with E-state index in [-0.39, 0.29) is 5.91 Å². The third-order valence-corrected chi connectivity index (χ3v) is 5.58. The van der Waals surface area contributed by atoms with Gasteiger partial charge in [-0.05, 0) is 24.3 Å². The molecule has 0 bridgehead atoms. The number of fused-ring (bicyclic) bond motifs is 1. The Kier molecular flexibility index (Phi) is 4.30. The maximum absolute atomic E-state index is 12.8. The molecule has 3 rings (SSSR count). The van der Waals surface area contributed by atoms with Crippen LogP contribution < -0.4 is 5.32 Å². The van der Waals surface area contributed by atoms with Gasteiger partial charge in [-0.2, -0.15) is 0 Å². The molecule has 0 radical (unpaired) electrons. The maximum atomic E-state index is 12.8. The van der Waals surface area contributed by atoms with Gasteiger partial charge in [0.15, 0.2) is 0 Å². The number of hydrogen-bond donors (Lipinski definition) is 2. The SMILES string of the molecule is C=CCNC1C2CN(C(=O)C(C)C(C)(O)c3ccccc3)CC21. The summed E-state index contributed by atoms with van der Waals surface area (Å²) < 4.78 is 0. The van der Waals surface area contributed by atoms with Gasteiger partial charge in [-0.3, -0.25) is 4.79 Å². The molecule has 1 aliphatic carbocycles. The van der Waals surface area contributed by atoms with E-state index in [4.69, 9.17) is 0 Å². The number of carbonyl (C=O) groups excluding carboxylic acids is 1. The standard InChI is InChI=1S/C19H26N2O2/c1-4-10-20-17-15-11-21(12-16(15)17)18(22)13(2)19(3,23)14-8-6-5-7-9-14/h4-9,13,15-17,20,23H,1,10-12H2,2-3H3. The highest BCUT2D eigenvalue weighted by atomic mass is 16.3. The smallest absolute Gasteiger partial charge is 0.228 e. The number of likely N-dealkylation sites (tertiary alicyclic amines) is 1. The number of piperidine rings is 1. The first kappa shape index (κ1) is 16.2. The first-order chi connectivity index (χ1) is 11.0. The Balaban J connectivity index is 1.60. The molecule has 1 heterocycles. The second-order valence-electron chi connectivity index (χ2n) is 7.03. The first-order valence-electron chi connectivity index (χ1n) is 8.37. The molecule has 4 atom stereocenters. The van der Waals surface area contributed by atoms with Crippen molar-refractivity contribution < 1.29 is 9.90 Å². The molecular weight excluding hydrogens is 288 g/mol. The monoisotopic (exact) mass is 314 g/mol. The zero-order valence-electron chi connectivity index (χ0n) is 13.9. The highest BCUT2D eigenvalue weighted by Gasteiger charge is 2.57. The van der Waals surface area contributed by atoms with E-state index in [1.807, 2.05) is 48.2 Å². The van der Waals surface area contributed by atoms with Crippen LogP contribution in [-0.2, 0) is 10.4 Å². The molecule has 0 spiro atoms. The van der Waals surface area contributed by atoms with Gasteiger partial charge in [0, 0.05) is 25.7 Å². The van der Waals surface area contributed by atoms with Crippen molar-refractivity contribution in [3.63, 3.8) is 0 Å². The molecule has 4 nitrogen and oxygen atoms in total. The Morgan fingerprint density at radius 3 is 2.61 bits per heavy atom. The average molecular weight is 314 g/mol. The van der Waals surface area contributed by atoms with E-state index in [0.29, 0.717) is 17.9 Å². The number of hydrogen-bond acceptors (Lipinski definition) is 3. The lowest BCUT2D eigenvalue weighted by atomic mass is 9.83. The fraction of sp³-hybridized carbons (Fsp3) is 0.526. The van der Waals surface area contributed by atoms with E-state index in [2.05, 4.69) is 11.9 Å². The number of nitrogens with one attached hydrogen (secondary N) is 1. The van der Waals surface area contributed by atoms with Gasteiger partial charge >= 0.3 is 0 Å². The summed E-state index contributed by atoms with van der Waals surface area (Å²) in [6.45, 7) is 9.70. The fourth-order valence-corrected chi connectivity index (χ4v) is 3.77. The van der Waals surface area contributed by atoms with Gasteiger partial charge in [-0.15, -0.1) is 6.58 Å². The lowest BCUT2D eigenvalue weighted by molar-refractivity contribution is -0.143. The lowest BCUT2D eigenvalue weighted by Crippen LogP contribution is -2.45. The molecule has 2 fully saturated rings. The van der Waals surface area contributed by atoms with Crippen LogP contribution in [0.1, 0.15) is 19.4 Å². The molecule has 1 aromatic carbocycles. The summed E-state index contributed by atoms with van der Waals surface area (Å²) in [7, 11) is 0. The van der Waals surface area contributed by atoms with Crippen LogP contribution in [0.15, 0.2) is 43.0 Å². The van der Waals surface area contributed by atoms with Gasteiger partial charge in [0.1, 0.15) is 0 Å². The van der Waals surface area contributed by atoms with Gasteiger partial charge in [0.2, 0.25) is 5.91 Å². The third-order valence-electron chi connectivity index (χ3n) is 5.58. The van der Waals surface area contributed by atoms with Crippen molar-refractivity contribution in [3.8, 4) is 0 Å². The maximum Gasteiger partial charge on any atom is 0.228 e. The number of aliphatic hydroxyl groups is 1. The van der Waals surface area contributed by atoms with E-state index in [9.17, 15) is 9.90 Å². The van der Waals surface area contributed by atoms with Crippen molar-refractivity contribution in [1.29, 1.82) is 0 Å². The number of nitrogens with zero attached hydrogens (tertiary/aromatic N) is 1. The molecule has 0 aromatic heterocycles. The highest BCUT2D eigenvalue weighted by Crippen LogP contribution is 2.46. The van der Waals surface area contributed by atoms with E-state index >= 15 is 0 Å². The molecule has 23 heavy (non-hydrogen) atoms. The van der Waals surface area contributed by atoms with Crippen LogP contribution in [-0.4, -0.2) is 41.6 Å². The average Bonchev–Trinajstić information content (AvgIpc) is 3.01. The van der Waals surface area contributed by atoms with Crippen LogP contribution in [0.25, 0.3) is 0 Å². The first-order valence-corrected chi connectivity index (χ1v) is 8.37. The van der Waals surface area contributed by atoms with E-state index < -0.39 is 11.5 Å². The van der Waals surface area contributed by atoms with Crippen molar-refractivity contribution in [2.45, 2.75) is 25.5 Å². The summed E-state index contributed by atoms with van der Waals surface area (Å²) in [5, 5.41) is 14.3. The Morgan fingerprint density at radius 2 is 2.04 bits per heavy atom. The Bertz CT molecular complexity index is 572. The molecule has 1 aliphatic heterocycles. The Morgan fingerprint density at radius 1 is 1.43 bits per heavy atom. The zero-order chi connectivity index (χ0) is 16.6. The van der Waals surface area contributed by atoms with E-state index in [0.717, 1.165) is 25.2 Å². The van der Waals surface area contributed by atoms with Crippen molar-refractivity contribution in [1.82, 2.24) is 10.2 Å². The molecule has 4 heteroatoms. The molecule has 1 saturated heterocycles. The fourth-order valence-electron chi connectivity index (χ4n) is 3.77. The number of benzene rings is 1. The summed E-state index contributed by atoms with van der Waals surface area (Å²) in [5.74, 6) is 0.719. The van der Waals surface area contributed by atoms with Crippen LogP contribution in [0.4, 0.5) is 0 Å². The van der Waals surface area contributed by atoms with Gasteiger partial charge in [0.25, 0.3) is 0 Å². The van der Waals surface area contributed by atoms with Crippen LogP contribution in [0.2, 0.25) is 0 Å². The van der Waals surface area contributed by atoms with Crippen LogP contribution in [0, 0.1) is 17.8 Å². The number of amides is 1. The predicted molar refractivity (Wildman–Crippen MR) is 90.7 cm³/mol. The molecule has 2 N–H and O–H groups in total. The minimum atomic E-state index is -1.15. The van der Waals surface area contributed by atoms with E-state index in [1.165, 1.54) is 0 Å². The molecule has 1 saturated carbocycles. The molecule has 4 unspecified atom stereocenters. The molecule has 124 valence electrons. The summed E-state index contributed by atoms with van der Waals surface area (Å²) in [6.07, 6.45) is 1.87. The van der Waals surface area contributed by atoms with Crippen molar-refractivity contribution >= 4 is 5.91 Å². The summed E-state index contributed by atoms with van der Waals surface area (Å²) in [5.41, 5.74) is -0.359. The van der Waals surface area contributed by atoms with Gasteiger partial charge in [0.05, 0.1) is 11.5 Å². The van der Waals surface area contributed by atoms with Crippen LogP contribution >= 0.6 is 0 Å². The second-order valence-corrected chi connectivity index (χ2v) is 7.03. The largest absolute Gasteiger partial charge is 0.385 e. The quantitative estimate of drug-likeness (QED) is 0.787. The Labute approximate surface area is 138 Å². The number of rotatable bonds is 6. The number of carbonyl (C=O) groups is 1. The molecule has 1 aromatic rings. The molecular formula is C19H26N2O2. The molecule has 1 amide bonds. The summed E-state index contributed by atoms with van der Waals surface area (Å²) >= 11 is 0. The minimum absolute atomic E-state index is 0.0496. The van der Waals surface area contributed by atoms with Crippen LogP contribution in [0.3, 0.4) is 0 Å². The zero-order valence-corrected chi connectivity index (χ0v) is 13.9. The van der Waals surface area contributed by atoms with Crippen molar-refractivity contribution in [2.24, 2.45) is 17.8 Å². The highest BCUT2D eigenvalue weighted by molar-refractivity contribution is 5.80.